The Morgan fingerprint density at radius 2 is 0.859 bits per heavy atom. The highest BCUT2D eigenvalue weighted by atomic mass is 32.2. The third-order valence-electron chi connectivity index (χ3n) is 13.0. The number of benzene rings is 1. The van der Waals surface area contributed by atoms with Crippen LogP contribution in [0.3, 0.4) is 0 Å². The first-order valence-corrected chi connectivity index (χ1v) is 30.5. The molecule has 0 aliphatic carbocycles. The van der Waals surface area contributed by atoms with Crippen molar-refractivity contribution in [1.82, 2.24) is 58.5 Å². The molecule has 0 heterocycles. The molecule has 14 amide bonds. The van der Waals surface area contributed by atoms with Gasteiger partial charge in [0.25, 0.3) is 0 Å². The van der Waals surface area contributed by atoms with Gasteiger partial charge in [-0.25, -0.2) is 0 Å². The molecule has 36 nitrogen and oxygen atoms in total. The fourth-order valence-electron chi connectivity index (χ4n) is 8.10. The summed E-state index contributed by atoms with van der Waals surface area (Å²) >= 11 is 5.48. The Labute approximate surface area is 537 Å². The number of nitrogens with two attached hydrogens (primary N) is 4. The van der Waals surface area contributed by atoms with Crippen molar-refractivity contribution < 1.29 is 102 Å². The maximum Gasteiger partial charge on any atom is 0.305 e. The normalized spacial score (nSPS) is 14.1. The van der Waals surface area contributed by atoms with Gasteiger partial charge in [0.15, 0.2) is 0 Å². The first kappa shape index (κ1) is 80.7. The van der Waals surface area contributed by atoms with Crippen molar-refractivity contribution in [3.63, 3.8) is 0 Å². The zero-order valence-electron chi connectivity index (χ0n) is 50.9. The van der Waals surface area contributed by atoms with Gasteiger partial charge < -0.3 is 102 Å². The molecule has 23 N–H and O–H groups in total. The van der Waals surface area contributed by atoms with E-state index in [1.54, 1.807) is 20.1 Å². The minimum absolute atomic E-state index is 0.0602. The standard InChI is InChI=1S/C54H83N15O21S2/c1-25(2)19-29(55)47(83)65-32(9-13-38(56)71)50(86)66-33(10-14-39(57)72)51(87)67-34(12-16-43(77)78)52(88)69-36(21-44(79)80)53(89)61-26(3)46(82)59-22-40(73)62-31(11-15-42(75)76)49(85)68-35(20-27-5-7-28(70)8-6-27)48(84)60-23-41(74)63-37(24-91)54(90)64-30(45(58)81)17-18-92-4/h5-8,25-26,29-37,70,91H,9-24,55H2,1-4H3,(H2,56,71)(H2,57,72)(H2,58,81)(H,59,82)(H,60,84)(H,61,89)(H,62,73)(H,63,74)(H,64,90)(H,65,83)(H,66,86)(H,67,87)(H,68,85)(H,69,88)(H,75,76)(H,77,78)(H,79,80)/t26-,29-,30-,31-,32-,33-,34-,35-,36-,37-/m0/s1. The number of thiol groups is 1. The van der Waals surface area contributed by atoms with E-state index in [-0.39, 0.29) is 36.7 Å². The van der Waals surface area contributed by atoms with Gasteiger partial charge in [0.2, 0.25) is 82.7 Å². The number of amides is 14. The Morgan fingerprint density at radius 3 is 1.28 bits per heavy atom. The molecule has 0 fully saturated rings. The molecular weight excluding hydrogens is 1260 g/mol. The van der Waals surface area contributed by atoms with E-state index in [0.717, 1.165) is 6.92 Å². The second-order valence-electron chi connectivity index (χ2n) is 21.2. The van der Waals surface area contributed by atoms with Crippen LogP contribution in [0.1, 0.15) is 97.0 Å². The van der Waals surface area contributed by atoms with Gasteiger partial charge in [-0.15, -0.1) is 0 Å². The molecule has 92 heavy (non-hydrogen) atoms. The molecule has 1 rings (SSSR count). The van der Waals surface area contributed by atoms with Crippen LogP contribution in [0, 0.1) is 5.92 Å². The van der Waals surface area contributed by atoms with Gasteiger partial charge in [-0.1, -0.05) is 26.0 Å². The number of hydrogen-bond acceptors (Lipinski definition) is 21. The van der Waals surface area contributed by atoms with Gasteiger partial charge in [-0.2, -0.15) is 24.4 Å². The van der Waals surface area contributed by atoms with Crippen LogP contribution in [0.25, 0.3) is 0 Å². The lowest BCUT2D eigenvalue weighted by Gasteiger charge is -2.27. The summed E-state index contributed by atoms with van der Waals surface area (Å²) in [5, 5.41) is 63.3. The monoisotopic (exact) mass is 1340 g/mol. The third-order valence-corrected chi connectivity index (χ3v) is 14.0. The van der Waals surface area contributed by atoms with Gasteiger partial charge in [0, 0.05) is 37.9 Å². The van der Waals surface area contributed by atoms with Crippen molar-refractivity contribution >= 4 is 125 Å². The Bertz CT molecular complexity index is 2820. The Kier molecular flexibility index (Phi) is 36.7. The summed E-state index contributed by atoms with van der Waals surface area (Å²) in [6.07, 6.45) is -4.29. The second kappa shape index (κ2) is 41.9. The third kappa shape index (κ3) is 32.9. The Hall–Kier alpha value is -9.33. The summed E-state index contributed by atoms with van der Waals surface area (Å²) in [6, 6.07) is -10.5. The molecule has 0 aromatic heterocycles. The molecular formula is C54H83N15O21S2. The topological polar surface area (TPSA) is 608 Å². The summed E-state index contributed by atoms with van der Waals surface area (Å²) < 4.78 is 0. The second-order valence-corrected chi connectivity index (χ2v) is 22.6. The first-order chi connectivity index (χ1) is 43.1. The molecule has 10 atom stereocenters. The number of hydrogen-bond donors (Lipinski definition) is 20. The lowest BCUT2D eigenvalue weighted by Crippen LogP contribution is -2.60. The average Bonchev–Trinajstić information content (AvgIpc) is 0.944. The van der Waals surface area contributed by atoms with Crippen LogP contribution >= 0.6 is 24.4 Å². The van der Waals surface area contributed by atoms with Gasteiger partial charge in [-0.3, -0.25) is 81.5 Å². The molecule has 0 bridgehead atoms. The summed E-state index contributed by atoms with van der Waals surface area (Å²) in [5.74, 6) is -19.4. The summed E-state index contributed by atoms with van der Waals surface area (Å²) in [5.41, 5.74) is 22.2. The smallest absolute Gasteiger partial charge is 0.305 e. The molecule has 0 aliphatic heterocycles. The summed E-state index contributed by atoms with van der Waals surface area (Å²) in [4.78, 5) is 218. The zero-order valence-corrected chi connectivity index (χ0v) is 52.6. The lowest BCUT2D eigenvalue weighted by molar-refractivity contribution is -0.141. The number of carboxylic acids is 3. The number of aliphatic carboxylic acids is 3. The highest BCUT2D eigenvalue weighted by Crippen LogP contribution is 2.13. The van der Waals surface area contributed by atoms with Crippen molar-refractivity contribution in [2.75, 3.05) is 30.9 Å². The van der Waals surface area contributed by atoms with Crippen LogP contribution in [0.4, 0.5) is 0 Å². The highest BCUT2D eigenvalue weighted by molar-refractivity contribution is 7.98. The largest absolute Gasteiger partial charge is 0.508 e. The van der Waals surface area contributed by atoms with Gasteiger partial charge >= 0.3 is 17.9 Å². The SMILES string of the molecule is CSCC[C@H](NC(=O)[C@H](CS)NC(=O)CNC(=O)[C@H](Cc1ccc(O)cc1)NC(=O)[C@H](CCC(=O)O)NC(=O)CNC(=O)[C@H](C)NC(=O)[C@H](CC(=O)O)NC(=O)[C@H](CCC(=O)O)NC(=O)[C@H](CCC(N)=O)NC(=O)[C@H](CCC(N)=O)NC(=O)[C@@H](N)CC(C)C)C(N)=O. The number of carbonyl (C=O) groups is 17. The molecule has 38 heteroatoms. The molecule has 0 saturated carbocycles. The van der Waals surface area contributed by atoms with E-state index in [1.807, 2.05) is 0 Å². The number of nitrogens with one attached hydrogen (secondary N) is 11. The van der Waals surface area contributed by atoms with E-state index >= 15 is 0 Å². The Balaban J connectivity index is 3.32. The van der Waals surface area contributed by atoms with Crippen LogP contribution in [-0.2, 0) is 87.9 Å². The number of primary amides is 3. The number of phenols is 1. The molecule has 0 aliphatic rings. The van der Waals surface area contributed by atoms with E-state index in [1.165, 1.54) is 36.0 Å². The number of carbonyl (C=O) groups excluding carboxylic acids is 14. The molecule has 1 aromatic carbocycles. The van der Waals surface area contributed by atoms with Crippen molar-refractivity contribution in [1.29, 1.82) is 0 Å². The van der Waals surface area contributed by atoms with E-state index in [2.05, 4.69) is 71.1 Å². The van der Waals surface area contributed by atoms with E-state index in [0.29, 0.717) is 11.3 Å². The van der Waals surface area contributed by atoms with Crippen molar-refractivity contribution in [2.24, 2.45) is 28.9 Å². The van der Waals surface area contributed by atoms with Crippen LogP contribution in [0.15, 0.2) is 24.3 Å². The van der Waals surface area contributed by atoms with E-state index < -0.39 is 232 Å². The Morgan fingerprint density at radius 1 is 0.467 bits per heavy atom. The molecule has 0 radical (unpaired) electrons. The van der Waals surface area contributed by atoms with Crippen LogP contribution in [-0.4, -0.2) is 212 Å². The fraction of sp³-hybridized carbons (Fsp3) is 0.574. The number of phenolic OH excluding ortho intramolecular Hbond substituents is 1. The molecule has 1 aromatic rings. The van der Waals surface area contributed by atoms with Crippen molar-refractivity contribution in [3.05, 3.63) is 29.8 Å². The zero-order chi connectivity index (χ0) is 69.9. The number of rotatable bonds is 45. The number of aromatic hydroxyl groups is 1. The van der Waals surface area contributed by atoms with Crippen molar-refractivity contribution in [3.8, 4) is 5.75 Å². The van der Waals surface area contributed by atoms with Crippen LogP contribution < -0.4 is 81.4 Å². The predicted octanol–water partition coefficient (Wildman–Crippen LogP) is -7.17. The van der Waals surface area contributed by atoms with Gasteiger partial charge in [0.05, 0.1) is 25.6 Å². The highest BCUT2D eigenvalue weighted by Gasteiger charge is 2.35. The predicted molar refractivity (Wildman–Crippen MR) is 327 cm³/mol. The minimum Gasteiger partial charge on any atom is -0.508 e. The maximum absolute atomic E-state index is 13.8. The minimum atomic E-state index is -2.09. The molecule has 0 spiro atoms. The van der Waals surface area contributed by atoms with Gasteiger partial charge in [-0.05, 0) is 81.1 Å². The quantitative estimate of drug-likeness (QED) is 0.0270. The van der Waals surface area contributed by atoms with E-state index in [4.69, 9.17) is 22.9 Å². The van der Waals surface area contributed by atoms with Gasteiger partial charge in [0.1, 0.15) is 60.1 Å². The lowest BCUT2D eigenvalue weighted by atomic mass is 10.0. The number of carboxylic acid groups (broad SMARTS) is 3. The van der Waals surface area contributed by atoms with Crippen molar-refractivity contribution in [2.45, 2.75) is 158 Å². The molecule has 0 saturated heterocycles. The van der Waals surface area contributed by atoms with Crippen LogP contribution in [0.2, 0.25) is 0 Å². The average molecular weight is 1340 g/mol. The number of thioether (sulfide) groups is 1. The van der Waals surface area contributed by atoms with E-state index in [9.17, 15) is 102 Å². The maximum atomic E-state index is 13.8. The summed E-state index contributed by atoms with van der Waals surface area (Å²) in [6.45, 7) is 2.81. The van der Waals surface area contributed by atoms with Crippen LogP contribution in [0.5, 0.6) is 5.75 Å². The first-order valence-electron chi connectivity index (χ1n) is 28.5. The fourth-order valence-corrected chi connectivity index (χ4v) is 8.83. The summed E-state index contributed by atoms with van der Waals surface area (Å²) in [7, 11) is 0. The molecule has 512 valence electrons. The molecule has 0 unspecified atom stereocenters.